The van der Waals surface area contributed by atoms with Crippen molar-refractivity contribution in [3.8, 4) is 22.8 Å². The van der Waals surface area contributed by atoms with Crippen LogP contribution >= 0.6 is 15.9 Å². The summed E-state index contributed by atoms with van der Waals surface area (Å²) in [5.41, 5.74) is 1.62. The van der Waals surface area contributed by atoms with Crippen LogP contribution < -0.4 is 0 Å². The summed E-state index contributed by atoms with van der Waals surface area (Å²) in [7, 11) is 0. The highest BCUT2D eigenvalue weighted by Gasteiger charge is 2.27. The fourth-order valence-corrected chi connectivity index (χ4v) is 4.00. The molecule has 3 heterocycles. The van der Waals surface area contributed by atoms with E-state index in [0.29, 0.717) is 30.0 Å². The number of hydrogen-bond acceptors (Lipinski definition) is 7. The summed E-state index contributed by atoms with van der Waals surface area (Å²) in [6.07, 6.45) is 1.97. The Labute approximate surface area is 186 Å². The van der Waals surface area contributed by atoms with Crippen molar-refractivity contribution in [1.82, 2.24) is 25.2 Å². The van der Waals surface area contributed by atoms with Crippen molar-refractivity contribution in [2.75, 3.05) is 13.1 Å². The molecular formula is C22H19BrFN5O2. The molecule has 5 rings (SSSR count). The van der Waals surface area contributed by atoms with Gasteiger partial charge in [-0.2, -0.15) is 4.98 Å². The summed E-state index contributed by atoms with van der Waals surface area (Å²) in [4.78, 5) is 6.80. The number of rotatable bonds is 5. The largest absolute Gasteiger partial charge is 0.419 e. The minimum atomic E-state index is -0.292. The van der Waals surface area contributed by atoms with E-state index in [4.69, 9.17) is 8.94 Å². The second-order valence-corrected chi connectivity index (χ2v) is 8.46. The van der Waals surface area contributed by atoms with Crippen LogP contribution in [-0.4, -0.2) is 38.3 Å². The molecule has 1 fully saturated rings. The molecule has 0 aliphatic carbocycles. The number of hydrogen-bond donors (Lipinski definition) is 0. The fraction of sp³-hybridized carbons (Fsp3) is 0.273. The van der Waals surface area contributed by atoms with Gasteiger partial charge in [0.1, 0.15) is 5.82 Å². The van der Waals surface area contributed by atoms with Crippen LogP contribution in [0.5, 0.6) is 0 Å². The van der Waals surface area contributed by atoms with Gasteiger partial charge in [0.15, 0.2) is 0 Å². The quantitative estimate of drug-likeness (QED) is 0.391. The second kappa shape index (κ2) is 8.68. The van der Waals surface area contributed by atoms with E-state index < -0.39 is 0 Å². The van der Waals surface area contributed by atoms with Crippen LogP contribution in [0.2, 0.25) is 0 Å². The van der Waals surface area contributed by atoms with Crippen LogP contribution in [0.4, 0.5) is 4.39 Å². The van der Waals surface area contributed by atoms with Gasteiger partial charge in [0.05, 0.1) is 12.5 Å². The standard InChI is InChI=1S/C22H19BrFN5O2/c23-17-7-3-15(4-8-17)22-27-26-19(30-22)13-29-11-1-2-16(12-29)21-25-20(28-31-21)14-5-9-18(24)10-6-14/h3-10,16H,1-2,11-13H2. The highest BCUT2D eigenvalue weighted by atomic mass is 79.9. The molecule has 0 bridgehead atoms. The first-order valence-electron chi connectivity index (χ1n) is 10.0. The Hall–Kier alpha value is -2.91. The zero-order chi connectivity index (χ0) is 21.2. The van der Waals surface area contributed by atoms with Crippen molar-refractivity contribution in [2.24, 2.45) is 0 Å². The highest BCUT2D eigenvalue weighted by molar-refractivity contribution is 9.10. The fourth-order valence-electron chi connectivity index (χ4n) is 3.74. The summed E-state index contributed by atoms with van der Waals surface area (Å²) in [6, 6.07) is 13.8. The Balaban J connectivity index is 1.25. The van der Waals surface area contributed by atoms with E-state index in [1.807, 2.05) is 24.3 Å². The first kappa shape index (κ1) is 20.0. The van der Waals surface area contributed by atoms with Crippen LogP contribution in [0, 0.1) is 5.82 Å². The maximum atomic E-state index is 13.1. The molecule has 0 radical (unpaired) electrons. The topological polar surface area (TPSA) is 81.1 Å². The van der Waals surface area contributed by atoms with E-state index in [0.717, 1.165) is 41.5 Å². The predicted molar refractivity (Wildman–Crippen MR) is 114 cm³/mol. The van der Waals surface area contributed by atoms with E-state index in [1.54, 1.807) is 12.1 Å². The number of halogens is 2. The summed E-state index contributed by atoms with van der Waals surface area (Å²) < 4.78 is 25.5. The Morgan fingerprint density at radius 3 is 2.61 bits per heavy atom. The predicted octanol–water partition coefficient (Wildman–Crippen LogP) is 5.07. The van der Waals surface area contributed by atoms with Gasteiger partial charge in [-0.05, 0) is 67.9 Å². The van der Waals surface area contributed by atoms with Crippen molar-refractivity contribution in [1.29, 1.82) is 0 Å². The molecule has 158 valence electrons. The third-order valence-electron chi connectivity index (χ3n) is 5.32. The molecule has 0 spiro atoms. The lowest BCUT2D eigenvalue weighted by molar-refractivity contribution is 0.167. The van der Waals surface area contributed by atoms with E-state index in [-0.39, 0.29) is 11.7 Å². The molecule has 9 heteroatoms. The van der Waals surface area contributed by atoms with Crippen LogP contribution in [-0.2, 0) is 6.54 Å². The van der Waals surface area contributed by atoms with Gasteiger partial charge in [0, 0.05) is 22.1 Å². The molecule has 31 heavy (non-hydrogen) atoms. The van der Waals surface area contributed by atoms with Crippen molar-refractivity contribution in [2.45, 2.75) is 25.3 Å². The van der Waals surface area contributed by atoms with E-state index >= 15 is 0 Å². The Kier molecular flexibility index (Phi) is 5.61. The van der Waals surface area contributed by atoms with Crippen molar-refractivity contribution in [3.63, 3.8) is 0 Å². The Morgan fingerprint density at radius 2 is 1.81 bits per heavy atom. The molecule has 1 aliphatic rings. The molecule has 1 saturated heterocycles. The summed E-state index contributed by atoms with van der Waals surface area (Å²) in [5.74, 6) is 2.00. The Bertz CT molecular complexity index is 1160. The van der Waals surface area contributed by atoms with E-state index in [9.17, 15) is 4.39 Å². The molecule has 0 N–H and O–H groups in total. The molecule has 2 aromatic carbocycles. The SMILES string of the molecule is Fc1ccc(-c2noc(C3CCCN(Cc4nnc(-c5ccc(Br)cc5)o4)C3)n2)cc1. The van der Waals surface area contributed by atoms with Gasteiger partial charge >= 0.3 is 0 Å². The van der Waals surface area contributed by atoms with Gasteiger partial charge in [-0.15, -0.1) is 10.2 Å². The van der Waals surface area contributed by atoms with Crippen LogP contribution in [0.1, 0.15) is 30.5 Å². The number of nitrogens with zero attached hydrogens (tertiary/aromatic N) is 5. The molecule has 4 aromatic rings. The minimum absolute atomic E-state index is 0.129. The number of aromatic nitrogens is 4. The molecule has 1 atom stereocenters. The molecule has 7 nitrogen and oxygen atoms in total. The minimum Gasteiger partial charge on any atom is -0.419 e. The average molecular weight is 484 g/mol. The summed E-state index contributed by atoms with van der Waals surface area (Å²) in [5, 5.41) is 12.5. The first-order valence-corrected chi connectivity index (χ1v) is 10.8. The van der Waals surface area contributed by atoms with Gasteiger partial charge in [-0.3, -0.25) is 4.90 Å². The lowest BCUT2D eigenvalue weighted by atomic mass is 9.98. The van der Waals surface area contributed by atoms with Crippen molar-refractivity contribution in [3.05, 3.63) is 70.6 Å². The van der Waals surface area contributed by atoms with Gasteiger partial charge in [-0.25, -0.2) is 4.39 Å². The molecule has 0 saturated carbocycles. The molecule has 2 aromatic heterocycles. The Morgan fingerprint density at radius 1 is 1.03 bits per heavy atom. The zero-order valence-electron chi connectivity index (χ0n) is 16.5. The van der Waals surface area contributed by atoms with Gasteiger partial charge in [0.25, 0.3) is 0 Å². The van der Waals surface area contributed by atoms with Crippen LogP contribution in [0.15, 0.2) is 61.9 Å². The molecule has 0 amide bonds. The van der Waals surface area contributed by atoms with E-state index in [2.05, 4.69) is 41.2 Å². The monoisotopic (exact) mass is 483 g/mol. The summed E-state index contributed by atoms with van der Waals surface area (Å²) >= 11 is 3.43. The van der Waals surface area contributed by atoms with Crippen molar-refractivity contribution < 1.29 is 13.3 Å². The third-order valence-corrected chi connectivity index (χ3v) is 5.84. The summed E-state index contributed by atoms with van der Waals surface area (Å²) in [6.45, 7) is 2.27. The molecular weight excluding hydrogens is 465 g/mol. The van der Waals surface area contributed by atoms with E-state index in [1.165, 1.54) is 12.1 Å². The van der Waals surface area contributed by atoms with Gasteiger partial charge < -0.3 is 8.94 Å². The molecule has 1 aliphatic heterocycles. The number of piperidine rings is 1. The zero-order valence-corrected chi connectivity index (χ0v) is 18.1. The van der Waals surface area contributed by atoms with Crippen LogP contribution in [0.25, 0.3) is 22.8 Å². The lowest BCUT2D eigenvalue weighted by Crippen LogP contribution is -2.34. The van der Waals surface area contributed by atoms with Crippen LogP contribution in [0.3, 0.4) is 0 Å². The third kappa shape index (κ3) is 4.57. The first-order chi connectivity index (χ1) is 15.1. The van der Waals surface area contributed by atoms with Gasteiger partial charge in [-0.1, -0.05) is 21.1 Å². The normalized spacial score (nSPS) is 17.2. The molecule has 1 unspecified atom stereocenters. The van der Waals surface area contributed by atoms with Crippen molar-refractivity contribution >= 4 is 15.9 Å². The second-order valence-electron chi connectivity index (χ2n) is 7.55. The maximum Gasteiger partial charge on any atom is 0.247 e. The highest BCUT2D eigenvalue weighted by Crippen LogP contribution is 2.29. The average Bonchev–Trinajstić information content (AvgIpc) is 3.45. The van der Waals surface area contributed by atoms with Gasteiger partial charge in [0.2, 0.25) is 23.5 Å². The maximum absolute atomic E-state index is 13.1. The lowest BCUT2D eigenvalue weighted by Gasteiger charge is -2.29. The smallest absolute Gasteiger partial charge is 0.247 e. The number of likely N-dealkylation sites (tertiary alicyclic amines) is 1. The number of benzene rings is 2.